The molecule has 2 aromatic rings. The minimum Gasteiger partial charge on any atom is -0.496 e. The fraction of sp³-hybridized carbons (Fsp3) is 0.360. The van der Waals surface area contributed by atoms with Crippen LogP contribution in [0.1, 0.15) is 49.5 Å². The lowest BCUT2D eigenvalue weighted by molar-refractivity contribution is -0.143. The molecule has 2 heterocycles. The van der Waals surface area contributed by atoms with E-state index in [1.807, 2.05) is 62.5 Å². The molecule has 1 aliphatic heterocycles. The van der Waals surface area contributed by atoms with Crippen LogP contribution >= 0.6 is 11.3 Å². The number of ketones is 1. The molecule has 0 saturated heterocycles. The fourth-order valence-corrected chi connectivity index (χ4v) is 5.44. The van der Waals surface area contributed by atoms with E-state index < -0.39 is 5.92 Å². The third kappa shape index (κ3) is 4.04. The third-order valence-corrected chi connectivity index (χ3v) is 6.77. The van der Waals surface area contributed by atoms with Crippen LogP contribution in [-0.2, 0) is 14.3 Å². The Morgan fingerprint density at radius 3 is 2.61 bits per heavy atom. The van der Waals surface area contributed by atoms with Gasteiger partial charge in [-0.1, -0.05) is 30.3 Å². The fourth-order valence-electron chi connectivity index (χ4n) is 4.57. The Hall–Kier alpha value is -2.86. The number of para-hydroxylation sites is 1. The standard InChI is InChI=1S/C25H27NO4S/c1-14(2)30-25(28)22-15(3)26-18-12-16(17-8-5-6-9-20(17)29-4)13-19(27)23(18)24(22)21-10-7-11-31-21/h5-12,14,16,23-24,26H,13H2,1-4H3. The Morgan fingerprint density at radius 2 is 1.94 bits per heavy atom. The zero-order valence-electron chi connectivity index (χ0n) is 18.2. The van der Waals surface area contributed by atoms with Gasteiger partial charge in [0.25, 0.3) is 0 Å². The van der Waals surface area contributed by atoms with Crippen LogP contribution in [0.3, 0.4) is 0 Å². The van der Waals surface area contributed by atoms with Crippen molar-refractivity contribution in [1.82, 2.24) is 5.32 Å². The maximum atomic E-state index is 13.5. The second kappa shape index (κ2) is 8.71. The number of carbonyl (C=O) groups excluding carboxylic acids is 2. The number of hydrogen-bond donors (Lipinski definition) is 1. The van der Waals surface area contributed by atoms with Crippen molar-refractivity contribution >= 4 is 23.1 Å². The summed E-state index contributed by atoms with van der Waals surface area (Å²) < 4.78 is 11.1. The highest BCUT2D eigenvalue weighted by Crippen LogP contribution is 2.48. The van der Waals surface area contributed by atoms with E-state index in [0.717, 1.165) is 27.6 Å². The van der Waals surface area contributed by atoms with E-state index in [4.69, 9.17) is 9.47 Å². The third-order valence-electron chi connectivity index (χ3n) is 5.81. The highest BCUT2D eigenvalue weighted by atomic mass is 32.1. The molecular weight excluding hydrogens is 410 g/mol. The van der Waals surface area contributed by atoms with Crippen molar-refractivity contribution in [2.75, 3.05) is 7.11 Å². The number of methoxy groups -OCH3 is 1. The zero-order valence-corrected chi connectivity index (χ0v) is 19.0. The van der Waals surface area contributed by atoms with Gasteiger partial charge in [-0.3, -0.25) is 4.79 Å². The van der Waals surface area contributed by atoms with Gasteiger partial charge in [0.1, 0.15) is 11.5 Å². The lowest BCUT2D eigenvalue weighted by Crippen LogP contribution is -2.42. The highest BCUT2D eigenvalue weighted by molar-refractivity contribution is 7.10. The molecule has 0 fully saturated rings. The first kappa shape index (κ1) is 21.4. The van der Waals surface area contributed by atoms with Gasteiger partial charge in [-0.2, -0.15) is 0 Å². The van der Waals surface area contributed by atoms with Gasteiger partial charge in [-0.05, 0) is 38.3 Å². The van der Waals surface area contributed by atoms with Gasteiger partial charge in [-0.25, -0.2) is 4.79 Å². The number of esters is 1. The largest absolute Gasteiger partial charge is 0.496 e. The molecule has 5 nitrogen and oxygen atoms in total. The minimum absolute atomic E-state index is 0.0802. The summed E-state index contributed by atoms with van der Waals surface area (Å²) in [6.07, 6.45) is 2.26. The molecule has 6 heteroatoms. The van der Waals surface area contributed by atoms with E-state index in [-0.39, 0.29) is 29.7 Å². The molecule has 0 bridgehead atoms. The van der Waals surface area contributed by atoms with Crippen molar-refractivity contribution in [3.05, 3.63) is 75.3 Å². The molecule has 162 valence electrons. The molecule has 3 unspecified atom stereocenters. The Bertz CT molecular complexity index is 1050. The Kier molecular flexibility index (Phi) is 6.01. The van der Waals surface area contributed by atoms with Crippen molar-refractivity contribution in [2.45, 2.75) is 45.1 Å². The monoisotopic (exact) mass is 437 g/mol. The Labute approximate surface area is 186 Å². The smallest absolute Gasteiger partial charge is 0.336 e. The number of fused-ring (bicyclic) bond motifs is 1. The Morgan fingerprint density at radius 1 is 1.16 bits per heavy atom. The highest BCUT2D eigenvalue weighted by Gasteiger charge is 2.45. The number of thiophene rings is 1. The van der Waals surface area contributed by atoms with E-state index in [9.17, 15) is 9.59 Å². The van der Waals surface area contributed by atoms with Crippen molar-refractivity contribution in [3.8, 4) is 5.75 Å². The summed E-state index contributed by atoms with van der Waals surface area (Å²) >= 11 is 1.56. The summed E-state index contributed by atoms with van der Waals surface area (Å²) in [6.45, 7) is 5.55. The zero-order chi connectivity index (χ0) is 22.1. The van der Waals surface area contributed by atoms with Crippen LogP contribution in [-0.4, -0.2) is 25.0 Å². The van der Waals surface area contributed by atoms with Gasteiger partial charge in [0.2, 0.25) is 0 Å². The van der Waals surface area contributed by atoms with Crippen molar-refractivity contribution in [1.29, 1.82) is 0 Å². The van der Waals surface area contributed by atoms with Gasteiger partial charge >= 0.3 is 5.97 Å². The van der Waals surface area contributed by atoms with E-state index in [1.54, 1.807) is 18.4 Å². The molecule has 31 heavy (non-hydrogen) atoms. The summed E-state index contributed by atoms with van der Waals surface area (Å²) in [5.74, 6) is -0.329. The summed E-state index contributed by atoms with van der Waals surface area (Å²) in [6, 6.07) is 11.8. The first-order valence-electron chi connectivity index (χ1n) is 10.5. The van der Waals surface area contributed by atoms with Crippen LogP contribution < -0.4 is 10.1 Å². The lowest BCUT2D eigenvalue weighted by Gasteiger charge is -2.39. The molecule has 2 aliphatic rings. The molecule has 4 rings (SSSR count). The molecule has 1 aromatic heterocycles. The van der Waals surface area contributed by atoms with Gasteiger partial charge in [0, 0.05) is 40.1 Å². The molecule has 1 aliphatic carbocycles. The average molecular weight is 438 g/mol. The molecule has 3 atom stereocenters. The number of nitrogens with one attached hydrogen (secondary N) is 1. The molecule has 1 aromatic carbocycles. The molecule has 0 spiro atoms. The number of ether oxygens (including phenoxy) is 2. The van der Waals surface area contributed by atoms with Crippen LogP contribution in [0.25, 0.3) is 0 Å². The van der Waals surface area contributed by atoms with Gasteiger partial charge in [-0.15, -0.1) is 11.3 Å². The van der Waals surface area contributed by atoms with Crippen LogP contribution in [0.15, 0.2) is 64.8 Å². The van der Waals surface area contributed by atoms with Crippen LogP contribution in [0.2, 0.25) is 0 Å². The number of rotatable bonds is 5. The summed E-state index contributed by atoms with van der Waals surface area (Å²) in [4.78, 5) is 27.5. The lowest BCUT2D eigenvalue weighted by atomic mass is 9.70. The maximum absolute atomic E-state index is 13.5. The maximum Gasteiger partial charge on any atom is 0.336 e. The van der Waals surface area contributed by atoms with Gasteiger partial charge < -0.3 is 14.8 Å². The van der Waals surface area contributed by atoms with Gasteiger partial charge in [0.15, 0.2) is 0 Å². The summed E-state index contributed by atoms with van der Waals surface area (Å²) in [7, 11) is 1.64. The van der Waals surface area contributed by atoms with Crippen LogP contribution in [0, 0.1) is 5.92 Å². The number of Topliss-reactive ketones (excluding diaryl/α,β-unsaturated/α-hetero) is 1. The average Bonchev–Trinajstić information content (AvgIpc) is 3.26. The summed E-state index contributed by atoms with van der Waals surface area (Å²) in [5, 5.41) is 5.34. The van der Waals surface area contributed by atoms with E-state index in [0.29, 0.717) is 12.0 Å². The summed E-state index contributed by atoms with van der Waals surface area (Å²) in [5.41, 5.74) is 3.12. The number of carbonyl (C=O) groups is 2. The Balaban J connectivity index is 1.80. The normalized spacial score (nSPS) is 23.2. The van der Waals surface area contributed by atoms with Crippen molar-refractivity contribution < 1.29 is 19.1 Å². The first-order valence-corrected chi connectivity index (χ1v) is 11.4. The molecule has 0 saturated carbocycles. The van der Waals surface area contributed by atoms with Crippen molar-refractivity contribution in [3.63, 3.8) is 0 Å². The second-order valence-corrected chi connectivity index (χ2v) is 9.21. The number of hydrogen-bond acceptors (Lipinski definition) is 6. The van der Waals surface area contributed by atoms with E-state index in [2.05, 4.69) is 11.4 Å². The molecular formula is C25H27NO4S. The van der Waals surface area contributed by atoms with Crippen LogP contribution in [0.4, 0.5) is 0 Å². The molecule has 0 radical (unpaired) electrons. The van der Waals surface area contributed by atoms with E-state index >= 15 is 0 Å². The van der Waals surface area contributed by atoms with E-state index in [1.165, 1.54) is 0 Å². The second-order valence-electron chi connectivity index (χ2n) is 8.23. The SMILES string of the molecule is COc1ccccc1C1C=C2NC(C)=C(C(=O)OC(C)C)C(c3cccs3)C2C(=O)C1. The molecule has 0 amide bonds. The van der Waals surface area contributed by atoms with Crippen molar-refractivity contribution in [2.24, 2.45) is 5.92 Å². The van der Waals surface area contributed by atoms with Gasteiger partial charge in [0.05, 0.1) is 24.7 Å². The predicted molar refractivity (Wildman–Crippen MR) is 121 cm³/mol. The molecule has 1 N–H and O–H groups in total. The quantitative estimate of drug-likeness (QED) is 0.672. The van der Waals surface area contributed by atoms with Crippen LogP contribution in [0.5, 0.6) is 5.75 Å². The predicted octanol–water partition coefficient (Wildman–Crippen LogP) is 4.93. The topological polar surface area (TPSA) is 64.6 Å². The first-order chi connectivity index (χ1) is 14.9. The minimum atomic E-state index is -0.428. The number of benzene rings is 1. The number of allylic oxidation sites excluding steroid dienone is 3.